The fraction of sp³-hybridized carbons (Fsp3) is 0.267. The van der Waals surface area contributed by atoms with E-state index in [1.165, 1.54) is 0 Å². The quantitative estimate of drug-likeness (QED) is 0.534. The topological polar surface area (TPSA) is 44.8 Å². The smallest absolute Gasteiger partial charge is 0.338 e. The highest BCUT2D eigenvalue weighted by atomic mass is 79.9. The molecule has 0 atom stereocenters. The van der Waals surface area contributed by atoms with E-state index in [2.05, 4.69) is 29.1 Å². The fourth-order valence-electron chi connectivity index (χ4n) is 1.44. The number of halogens is 1. The Labute approximate surface area is 127 Å². The highest BCUT2D eigenvalue weighted by Crippen LogP contribution is 2.37. The van der Waals surface area contributed by atoms with Crippen LogP contribution in [0.1, 0.15) is 17.3 Å². The lowest BCUT2D eigenvalue weighted by atomic mass is 10.2. The molecule has 0 aliphatic rings. The summed E-state index contributed by atoms with van der Waals surface area (Å²) >= 11 is 3.37. The van der Waals surface area contributed by atoms with E-state index in [4.69, 9.17) is 14.2 Å². The standard InChI is InChI=1S/C15H17BrO4/c1-4-7-19-13-10-11(15(17)18-6-3)9-12(16)14(13)20-8-5-2/h4-5,9-10H,1-2,6-8H2,3H3. The summed E-state index contributed by atoms with van der Waals surface area (Å²) in [6, 6.07) is 3.22. The molecule has 0 N–H and O–H groups in total. The Morgan fingerprint density at radius 2 is 1.90 bits per heavy atom. The van der Waals surface area contributed by atoms with Gasteiger partial charge in [0.25, 0.3) is 0 Å². The summed E-state index contributed by atoms with van der Waals surface area (Å²) in [7, 11) is 0. The molecule has 20 heavy (non-hydrogen) atoms. The van der Waals surface area contributed by atoms with Crippen LogP contribution in [0.15, 0.2) is 41.9 Å². The molecule has 0 saturated carbocycles. The largest absolute Gasteiger partial charge is 0.486 e. The lowest BCUT2D eigenvalue weighted by molar-refractivity contribution is 0.0525. The molecular weight excluding hydrogens is 324 g/mol. The fourth-order valence-corrected chi connectivity index (χ4v) is 2.00. The van der Waals surface area contributed by atoms with Gasteiger partial charge < -0.3 is 14.2 Å². The molecule has 4 nitrogen and oxygen atoms in total. The van der Waals surface area contributed by atoms with Crippen LogP contribution in [0.3, 0.4) is 0 Å². The lowest BCUT2D eigenvalue weighted by Gasteiger charge is -2.14. The second kappa shape index (κ2) is 8.43. The third-order valence-electron chi connectivity index (χ3n) is 2.22. The number of rotatable bonds is 8. The first-order chi connectivity index (χ1) is 9.63. The van der Waals surface area contributed by atoms with E-state index in [-0.39, 0.29) is 0 Å². The Morgan fingerprint density at radius 3 is 2.50 bits per heavy atom. The van der Waals surface area contributed by atoms with Crippen LogP contribution in [0.25, 0.3) is 0 Å². The number of carbonyl (C=O) groups is 1. The molecule has 0 spiro atoms. The average molecular weight is 341 g/mol. The zero-order chi connectivity index (χ0) is 15.0. The number of hydrogen-bond donors (Lipinski definition) is 0. The van der Waals surface area contributed by atoms with Crippen molar-refractivity contribution in [2.24, 2.45) is 0 Å². The van der Waals surface area contributed by atoms with Crippen molar-refractivity contribution < 1.29 is 19.0 Å². The van der Waals surface area contributed by atoms with Gasteiger partial charge in [-0.15, -0.1) is 0 Å². The van der Waals surface area contributed by atoms with Crippen LogP contribution >= 0.6 is 15.9 Å². The van der Waals surface area contributed by atoms with E-state index < -0.39 is 5.97 Å². The highest BCUT2D eigenvalue weighted by molar-refractivity contribution is 9.10. The monoisotopic (exact) mass is 340 g/mol. The zero-order valence-electron chi connectivity index (χ0n) is 11.4. The van der Waals surface area contributed by atoms with Crippen molar-refractivity contribution in [1.82, 2.24) is 0 Å². The van der Waals surface area contributed by atoms with E-state index in [0.717, 1.165) is 0 Å². The van der Waals surface area contributed by atoms with E-state index in [9.17, 15) is 4.79 Å². The predicted octanol–water partition coefficient (Wildman–Crippen LogP) is 3.76. The minimum Gasteiger partial charge on any atom is -0.486 e. The Kier molecular flexibility index (Phi) is 6.87. The van der Waals surface area contributed by atoms with Gasteiger partial charge in [-0.05, 0) is 35.0 Å². The van der Waals surface area contributed by atoms with Crippen LogP contribution in [-0.4, -0.2) is 25.8 Å². The number of hydrogen-bond acceptors (Lipinski definition) is 4. The maximum absolute atomic E-state index is 11.8. The molecule has 0 bridgehead atoms. The van der Waals surface area contributed by atoms with Crippen LogP contribution in [0.4, 0.5) is 0 Å². The minimum absolute atomic E-state index is 0.309. The van der Waals surface area contributed by atoms with Crippen molar-refractivity contribution >= 4 is 21.9 Å². The highest BCUT2D eigenvalue weighted by Gasteiger charge is 2.16. The molecule has 0 aromatic heterocycles. The van der Waals surface area contributed by atoms with Crippen LogP contribution < -0.4 is 9.47 Å². The number of benzene rings is 1. The number of esters is 1. The molecule has 1 rings (SSSR count). The van der Waals surface area contributed by atoms with Crippen LogP contribution in [0.5, 0.6) is 11.5 Å². The van der Waals surface area contributed by atoms with Crippen LogP contribution in [0, 0.1) is 0 Å². The molecule has 0 saturated heterocycles. The Balaban J connectivity index is 3.13. The minimum atomic E-state index is -0.410. The first-order valence-corrected chi connectivity index (χ1v) is 6.91. The molecular formula is C15H17BrO4. The molecule has 5 heteroatoms. The van der Waals surface area contributed by atoms with Gasteiger partial charge in [-0.3, -0.25) is 0 Å². The Morgan fingerprint density at radius 1 is 1.25 bits per heavy atom. The van der Waals surface area contributed by atoms with Gasteiger partial charge in [-0.2, -0.15) is 0 Å². The molecule has 1 aromatic rings. The van der Waals surface area contributed by atoms with Crippen molar-refractivity contribution in [3.63, 3.8) is 0 Å². The Hall–Kier alpha value is -1.75. The van der Waals surface area contributed by atoms with Gasteiger partial charge in [0.2, 0.25) is 0 Å². The van der Waals surface area contributed by atoms with Crippen LogP contribution in [0.2, 0.25) is 0 Å². The van der Waals surface area contributed by atoms with E-state index in [1.54, 1.807) is 31.2 Å². The van der Waals surface area contributed by atoms with Gasteiger partial charge in [0.15, 0.2) is 11.5 Å². The summed E-state index contributed by atoms with van der Waals surface area (Å²) in [5.41, 5.74) is 0.392. The van der Waals surface area contributed by atoms with Gasteiger partial charge >= 0.3 is 5.97 Å². The van der Waals surface area contributed by atoms with Gasteiger partial charge in [-0.25, -0.2) is 4.79 Å². The van der Waals surface area contributed by atoms with Gasteiger partial charge in [0, 0.05) is 0 Å². The van der Waals surface area contributed by atoms with Crippen molar-refractivity contribution in [3.05, 3.63) is 47.5 Å². The molecule has 0 radical (unpaired) electrons. The number of ether oxygens (including phenoxy) is 3. The Bertz CT molecular complexity index is 497. The molecule has 0 aliphatic carbocycles. The molecule has 0 fully saturated rings. The normalized spacial score (nSPS) is 9.70. The summed E-state index contributed by atoms with van der Waals surface area (Å²) < 4.78 is 16.6. The predicted molar refractivity (Wildman–Crippen MR) is 81.5 cm³/mol. The zero-order valence-corrected chi connectivity index (χ0v) is 12.9. The van der Waals surface area contributed by atoms with Crippen molar-refractivity contribution in [1.29, 1.82) is 0 Å². The van der Waals surface area contributed by atoms with E-state index >= 15 is 0 Å². The lowest BCUT2D eigenvalue weighted by Crippen LogP contribution is -2.07. The molecule has 0 unspecified atom stereocenters. The summed E-state index contributed by atoms with van der Waals surface area (Å²) in [4.78, 5) is 11.8. The molecule has 108 valence electrons. The second-order valence-electron chi connectivity index (χ2n) is 3.71. The summed E-state index contributed by atoms with van der Waals surface area (Å²) in [6.45, 7) is 9.90. The molecule has 0 heterocycles. The molecule has 1 aromatic carbocycles. The SMILES string of the molecule is C=CCOc1cc(C(=O)OCC)cc(Br)c1OCC=C. The number of carbonyl (C=O) groups excluding carboxylic acids is 1. The maximum atomic E-state index is 11.8. The summed E-state index contributed by atoms with van der Waals surface area (Å²) in [5, 5.41) is 0. The van der Waals surface area contributed by atoms with Crippen LogP contribution in [-0.2, 0) is 4.74 Å². The van der Waals surface area contributed by atoms with Gasteiger partial charge in [-0.1, -0.05) is 25.3 Å². The van der Waals surface area contributed by atoms with Crippen molar-refractivity contribution in [2.45, 2.75) is 6.92 Å². The van der Waals surface area contributed by atoms with Gasteiger partial charge in [0.05, 0.1) is 16.6 Å². The first-order valence-electron chi connectivity index (χ1n) is 6.12. The van der Waals surface area contributed by atoms with E-state index in [0.29, 0.717) is 41.4 Å². The van der Waals surface area contributed by atoms with Gasteiger partial charge in [0.1, 0.15) is 13.2 Å². The summed E-state index contributed by atoms with van der Waals surface area (Å²) in [6.07, 6.45) is 3.24. The second-order valence-corrected chi connectivity index (χ2v) is 4.56. The van der Waals surface area contributed by atoms with Crippen molar-refractivity contribution in [3.8, 4) is 11.5 Å². The summed E-state index contributed by atoms with van der Waals surface area (Å²) in [5.74, 6) is 0.552. The average Bonchev–Trinajstić information content (AvgIpc) is 2.43. The molecule has 0 aliphatic heterocycles. The first kappa shape index (κ1) is 16.3. The van der Waals surface area contributed by atoms with E-state index in [1.807, 2.05) is 0 Å². The third-order valence-corrected chi connectivity index (χ3v) is 2.81. The van der Waals surface area contributed by atoms with Crippen molar-refractivity contribution in [2.75, 3.05) is 19.8 Å². The maximum Gasteiger partial charge on any atom is 0.338 e. The third kappa shape index (κ3) is 4.42. The molecule has 0 amide bonds.